The molecule has 1 fully saturated rings. The number of H-pyrrole nitrogens is 1. The fourth-order valence-electron chi connectivity index (χ4n) is 3.31. The van der Waals surface area contributed by atoms with Gasteiger partial charge in [0, 0.05) is 17.6 Å². The number of halogens is 2. The summed E-state index contributed by atoms with van der Waals surface area (Å²) in [5.74, 6) is -0.173. The highest BCUT2D eigenvalue weighted by Gasteiger charge is 2.25. The van der Waals surface area contributed by atoms with E-state index >= 15 is 0 Å². The van der Waals surface area contributed by atoms with E-state index in [2.05, 4.69) is 10.3 Å². The molecular formula is C19H20ClFN2O3S. The van der Waals surface area contributed by atoms with E-state index in [9.17, 15) is 12.8 Å². The number of aromatic amines is 1. The van der Waals surface area contributed by atoms with Crippen LogP contribution in [0, 0.1) is 5.82 Å². The zero-order valence-corrected chi connectivity index (χ0v) is 16.1. The van der Waals surface area contributed by atoms with Crippen molar-refractivity contribution in [3.63, 3.8) is 0 Å². The molecule has 0 saturated carbocycles. The summed E-state index contributed by atoms with van der Waals surface area (Å²) in [5, 5.41) is 3.85. The highest BCUT2D eigenvalue weighted by Crippen LogP contribution is 2.33. The molecule has 1 unspecified atom stereocenters. The van der Waals surface area contributed by atoms with Crippen molar-refractivity contribution in [1.82, 2.24) is 10.3 Å². The van der Waals surface area contributed by atoms with E-state index in [1.165, 1.54) is 24.4 Å². The molecule has 0 bridgehead atoms. The lowest BCUT2D eigenvalue weighted by molar-refractivity contribution is 0.280. The van der Waals surface area contributed by atoms with E-state index in [0.717, 1.165) is 25.5 Å². The van der Waals surface area contributed by atoms with Gasteiger partial charge >= 0.3 is 0 Å². The van der Waals surface area contributed by atoms with Gasteiger partial charge in [0.2, 0.25) is 9.84 Å². The Balaban J connectivity index is 0.00000210. The molecule has 2 aromatic carbocycles. The smallest absolute Gasteiger partial charge is 0.211 e. The minimum Gasteiger partial charge on any atom is -0.490 e. The molecule has 0 aliphatic carbocycles. The van der Waals surface area contributed by atoms with Crippen molar-refractivity contribution < 1.29 is 17.5 Å². The first-order valence-electron chi connectivity index (χ1n) is 8.53. The average molecular weight is 411 g/mol. The molecule has 3 aromatic rings. The van der Waals surface area contributed by atoms with E-state index in [1.807, 2.05) is 0 Å². The van der Waals surface area contributed by atoms with Crippen molar-refractivity contribution >= 4 is 33.1 Å². The van der Waals surface area contributed by atoms with Gasteiger partial charge in [-0.3, -0.25) is 0 Å². The third kappa shape index (κ3) is 3.67. The Bertz CT molecular complexity index is 1050. The van der Waals surface area contributed by atoms with Crippen LogP contribution in [-0.4, -0.2) is 32.6 Å². The molecule has 0 amide bonds. The Hall–Kier alpha value is -2.09. The van der Waals surface area contributed by atoms with Crippen molar-refractivity contribution in [2.75, 3.05) is 13.2 Å². The lowest BCUT2D eigenvalue weighted by Crippen LogP contribution is -2.28. The van der Waals surface area contributed by atoms with Crippen molar-refractivity contribution in [3.05, 3.63) is 54.5 Å². The normalized spacial score (nSPS) is 17.0. The quantitative estimate of drug-likeness (QED) is 0.673. The molecule has 5 nitrogen and oxygen atoms in total. The maximum atomic E-state index is 14.0. The summed E-state index contributed by atoms with van der Waals surface area (Å²) in [6.07, 6.45) is 3.59. The standard InChI is InChI=1S/C19H19FN2O3S.ClH/c20-15-7-1-2-9-17(15)26(23,24)18-11-22-19-14(18)6-3-8-16(19)25-12-13-5-4-10-21-13;/h1-3,6-9,11,13,21-22H,4-5,10,12H2;1H. The van der Waals surface area contributed by atoms with E-state index < -0.39 is 15.7 Å². The Morgan fingerprint density at radius 2 is 1.93 bits per heavy atom. The van der Waals surface area contributed by atoms with Crippen LogP contribution in [-0.2, 0) is 9.84 Å². The van der Waals surface area contributed by atoms with Crippen molar-refractivity contribution in [2.24, 2.45) is 0 Å². The first-order chi connectivity index (χ1) is 12.6. The minimum absolute atomic E-state index is 0. The van der Waals surface area contributed by atoms with Gasteiger partial charge in [-0.15, -0.1) is 12.4 Å². The Morgan fingerprint density at radius 1 is 1.11 bits per heavy atom. The fraction of sp³-hybridized carbons (Fsp3) is 0.263. The highest BCUT2D eigenvalue weighted by atomic mass is 35.5. The van der Waals surface area contributed by atoms with E-state index in [0.29, 0.717) is 29.3 Å². The summed E-state index contributed by atoms with van der Waals surface area (Å²) in [4.78, 5) is 2.69. The molecule has 144 valence electrons. The second-order valence-corrected chi connectivity index (χ2v) is 8.26. The van der Waals surface area contributed by atoms with Crippen LogP contribution in [0.5, 0.6) is 5.75 Å². The van der Waals surface area contributed by atoms with Crippen LogP contribution in [0.1, 0.15) is 12.8 Å². The third-order valence-corrected chi connectivity index (χ3v) is 6.48. The SMILES string of the molecule is Cl.O=S(=O)(c1ccccc1F)c1c[nH]c2c(OCC3CCCN3)cccc12. The molecule has 1 atom stereocenters. The molecule has 0 radical (unpaired) electrons. The summed E-state index contributed by atoms with van der Waals surface area (Å²) in [6, 6.07) is 10.9. The average Bonchev–Trinajstić information content (AvgIpc) is 3.30. The van der Waals surface area contributed by atoms with E-state index in [1.54, 1.807) is 18.2 Å². The minimum atomic E-state index is -3.97. The van der Waals surface area contributed by atoms with Crippen LogP contribution in [0.15, 0.2) is 58.5 Å². The molecule has 2 N–H and O–H groups in total. The Morgan fingerprint density at radius 3 is 2.67 bits per heavy atom. The van der Waals surface area contributed by atoms with Gasteiger partial charge in [-0.05, 0) is 37.6 Å². The second kappa shape index (κ2) is 7.88. The first-order valence-corrected chi connectivity index (χ1v) is 10.0. The molecule has 4 rings (SSSR count). The number of ether oxygens (including phenoxy) is 1. The van der Waals surface area contributed by atoms with Crippen LogP contribution >= 0.6 is 12.4 Å². The largest absolute Gasteiger partial charge is 0.490 e. The molecule has 1 aromatic heterocycles. The number of rotatable bonds is 5. The molecular weight excluding hydrogens is 391 g/mol. The molecule has 1 aliphatic rings. The molecule has 0 spiro atoms. The van der Waals surface area contributed by atoms with Crippen LogP contribution in [0.25, 0.3) is 10.9 Å². The maximum Gasteiger partial charge on any atom is 0.211 e. The van der Waals surface area contributed by atoms with Gasteiger partial charge in [-0.1, -0.05) is 24.3 Å². The van der Waals surface area contributed by atoms with E-state index in [-0.39, 0.29) is 22.2 Å². The van der Waals surface area contributed by atoms with Gasteiger partial charge in [0.05, 0.1) is 10.4 Å². The number of nitrogens with one attached hydrogen (secondary N) is 2. The fourth-order valence-corrected chi connectivity index (χ4v) is 4.81. The number of aromatic nitrogens is 1. The molecule has 1 aliphatic heterocycles. The lowest BCUT2D eigenvalue weighted by Gasteiger charge is -2.12. The van der Waals surface area contributed by atoms with Gasteiger partial charge in [0.25, 0.3) is 0 Å². The molecule has 1 saturated heterocycles. The van der Waals surface area contributed by atoms with Crippen molar-refractivity contribution in [3.8, 4) is 5.75 Å². The zero-order valence-electron chi connectivity index (χ0n) is 14.4. The number of para-hydroxylation sites is 1. The molecule has 27 heavy (non-hydrogen) atoms. The van der Waals surface area contributed by atoms with Gasteiger partial charge in [0.1, 0.15) is 23.1 Å². The zero-order chi connectivity index (χ0) is 18.1. The number of sulfone groups is 1. The van der Waals surface area contributed by atoms with Crippen molar-refractivity contribution in [2.45, 2.75) is 28.7 Å². The number of hydrogen-bond donors (Lipinski definition) is 2. The second-order valence-electron chi connectivity index (χ2n) is 6.37. The van der Waals surface area contributed by atoms with Crippen LogP contribution in [0.2, 0.25) is 0 Å². The summed E-state index contributed by atoms with van der Waals surface area (Å²) >= 11 is 0. The lowest BCUT2D eigenvalue weighted by atomic mass is 10.2. The summed E-state index contributed by atoms with van der Waals surface area (Å²) in [7, 11) is -3.97. The summed E-state index contributed by atoms with van der Waals surface area (Å²) in [6.45, 7) is 1.51. The van der Waals surface area contributed by atoms with Gasteiger partial charge < -0.3 is 15.0 Å². The van der Waals surface area contributed by atoms with Crippen LogP contribution in [0.4, 0.5) is 4.39 Å². The van der Waals surface area contributed by atoms with E-state index in [4.69, 9.17) is 4.74 Å². The number of benzene rings is 2. The topological polar surface area (TPSA) is 71.2 Å². The Kier molecular flexibility index (Phi) is 5.74. The number of hydrogen-bond acceptors (Lipinski definition) is 4. The summed E-state index contributed by atoms with van der Waals surface area (Å²) in [5.41, 5.74) is 0.598. The number of fused-ring (bicyclic) bond motifs is 1. The predicted octanol–water partition coefficient (Wildman–Crippen LogP) is 3.69. The third-order valence-electron chi connectivity index (χ3n) is 4.66. The monoisotopic (exact) mass is 410 g/mol. The maximum absolute atomic E-state index is 14.0. The van der Waals surface area contributed by atoms with Crippen LogP contribution in [0.3, 0.4) is 0 Å². The van der Waals surface area contributed by atoms with Gasteiger partial charge in [-0.2, -0.15) is 0 Å². The Labute approximate surface area is 163 Å². The van der Waals surface area contributed by atoms with Crippen molar-refractivity contribution in [1.29, 1.82) is 0 Å². The van der Waals surface area contributed by atoms with Crippen LogP contribution < -0.4 is 10.1 Å². The van der Waals surface area contributed by atoms with Gasteiger partial charge in [-0.25, -0.2) is 12.8 Å². The summed E-state index contributed by atoms with van der Waals surface area (Å²) < 4.78 is 45.7. The predicted molar refractivity (Wildman–Crippen MR) is 104 cm³/mol. The highest BCUT2D eigenvalue weighted by molar-refractivity contribution is 7.91. The van der Waals surface area contributed by atoms with Gasteiger partial charge in [0.15, 0.2) is 0 Å². The molecule has 2 heterocycles. The molecule has 8 heteroatoms. The first kappa shape index (κ1) is 19.7.